The largest absolute Gasteiger partial charge is 0.456 e. The SMILES string of the molecule is C=C/C=C\c1ccc2ccc(-c3ccc(N(c4ccc(-c5ccc6ccc7ccccc7c6c5)cc4)c4cccc5oc6ccccc6c45)cc3)cc2c1. The first-order valence-electron chi connectivity index (χ1n) is 18.4. The molecule has 9 aromatic carbocycles. The molecule has 1 aromatic heterocycles. The van der Waals surface area contributed by atoms with Gasteiger partial charge >= 0.3 is 0 Å². The molecule has 10 aromatic rings. The van der Waals surface area contributed by atoms with E-state index in [-0.39, 0.29) is 0 Å². The molecular weight excluding hydrogens is 655 g/mol. The first kappa shape index (κ1) is 31.6. The van der Waals surface area contributed by atoms with Gasteiger partial charge in [-0.05, 0) is 121 Å². The van der Waals surface area contributed by atoms with Crippen molar-refractivity contribution in [3.8, 4) is 22.3 Å². The molecule has 0 aliphatic heterocycles. The highest BCUT2D eigenvalue weighted by Crippen LogP contribution is 2.44. The Bertz CT molecular complexity index is 3060. The highest BCUT2D eigenvalue weighted by Gasteiger charge is 2.19. The van der Waals surface area contributed by atoms with Gasteiger partial charge in [0.05, 0.1) is 11.1 Å². The number of hydrogen-bond donors (Lipinski definition) is 0. The van der Waals surface area contributed by atoms with Crippen molar-refractivity contribution in [2.45, 2.75) is 0 Å². The van der Waals surface area contributed by atoms with E-state index in [9.17, 15) is 0 Å². The Labute approximate surface area is 314 Å². The third-order valence-corrected chi connectivity index (χ3v) is 10.6. The van der Waals surface area contributed by atoms with Crippen molar-refractivity contribution < 1.29 is 4.42 Å². The molecule has 0 saturated carbocycles. The van der Waals surface area contributed by atoms with E-state index in [1.165, 1.54) is 54.6 Å². The van der Waals surface area contributed by atoms with Gasteiger partial charge in [0, 0.05) is 16.8 Å². The Kier molecular flexibility index (Phi) is 7.66. The number of furan rings is 1. The van der Waals surface area contributed by atoms with Gasteiger partial charge in [-0.15, -0.1) is 0 Å². The lowest BCUT2D eigenvalue weighted by molar-refractivity contribution is 0.669. The molecule has 0 radical (unpaired) electrons. The quantitative estimate of drug-likeness (QED) is 0.122. The van der Waals surface area contributed by atoms with Gasteiger partial charge in [0.25, 0.3) is 0 Å². The van der Waals surface area contributed by atoms with E-state index in [0.717, 1.165) is 44.6 Å². The molecule has 0 bridgehead atoms. The van der Waals surface area contributed by atoms with E-state index in [2.05, 4.69) is 187 Å². The molecule has 10 rings (SSSR count). The first-order valence-corrected chi connectivity index (χ1v) is 18.4. The standard InChI is InChI=1S/C52H35NO/c1-2-3-9-35-16-17-38-18-22-41(33-43(38)32-35)36-24-28-44(29-25-36)53(49-13-8-15-51-52(49)47-12-6-7-14-50(47)54-51)45-30-26-37(27-31-45)42-23-21-40-20-19-39-10-4-5-11-46(39)48(40)34-42/h2-34H,1H2/b9-3-. The highest BCUT2D eigenvalue weighted by atomic mass is 16.3. The second-order valence-electron chi connectivity index (χ2n) is 13.8. The van der Waals surface area contributed by atoms with Crippen molar-refractivity contribution in [1.29, 1.82) is 0 Å². The number of para-hydroxylation sites is 1. The lowest BCUT2D eigenvalue weighted by atomic mass is 9.97. The second kappa shape index (κ2) is 13.1. The van der Waals surface area contributed by atoms with Gasteiger partial charge in [-0.3, -0.25) is 0 Å². The molecule has 0 aliphatic rings. The summed E-state index contributed by atoms with van der Waals surface area (Å²) >= 11 is 0. The summed E-state index contributed by atoms with van der Waals surface area (Å²) in [6.45, 7) is 3.81. The van der Waals surface area contributed by atoms with Crippen molar-refractivity contribution in [2.75, 3.05) is 4.90 Å². The van der Waals surface area contributed by atoms with Gasteiger partial charge in [-0.1, -0.05) is 146 Å². The van der Waals surface area contributed by atoms with E-state index >= 15 is 0 Å². The Balaban J connectivity index is 1.07. The molecule has 0 aliphatic carbocycles. The number of fused-ring (bicyclic) bond motifs is 7. The molecule has 1 heterocycles. The summed E-state index contributed by atoms with van der Waals surface area (Å²) in [5.74, 6) is 0. The minimum absolute atomic E-state index is 0.869. The normalized spacial score (nSPS) is 11.7. The predicted molar refractivity (Wildman–Crippen MR) is 231 cm³/mol. The van der Waals surface area contributed by atoms with Gasteiger partial charge in [0.1, 0.15) is 11.2 Å². The van der Waals surface area contributed by atoms with Crippen LogP contribution in [0.1, 0.15) is 5.56 Å². The molecular formula is C52H35NO. The third kappa shape index (κ3) is 5.53. The van der Waals surface area contributed by atoms with Crippen LogP contribution < -0.4 is 4.90 Å². The van der Waals surface area contributed by atoms with Crippen molar-refractivity contribution in [3.05, 3.63) is 206 Å². The van der Waals surface area contributed by atoms with E-state index in [1.54, 1.807) is 0 Å². The minimum Gasteiger partial charge on any atom is -0.456 e. The maximum Gasteiger partial charge on any atom is 0.137 e. The van der Waals surface area contributed by atoms with Crippen LogP contribution >= 0.6 is 0 Å². The van der Waals surface area contributed by atoms with Crippen LogP contribution in [0.4, 0.5) is 17.1 Å². The van der Waals surface area contributed by atoms with Crippen LogP contribution in [0.3, 0.4) is 0 Å². The van der Waals surface area contributed by atoms with Gasteiger partial charge in [-0.25, -0.2) is 0 Å². The van der Waals surface area contributed by atoms with E-state index in [0.29, 0.717) is 0 Å². The average molecular weight is 690 g/mol. The van der Waals surface area contributed by atoms with E-state index in [4.69, 9.17) is 4.42 Å². The molecule has 0 N–H and O–H groups in total. The fourth-order valence-corrected chi connectivity index (χ4v) is 7.88. The topological polar surface area (TPSA) is 16.4 Å². The average Bonchev–Trinajstić information content (AvgIpc) is 3.62. The summed E-state index contributed by atoms with van der Waals surface area (Å²) in [4.78, 5) is 2.35. The molecule has 254 valence electrons. The summed E-state index contributed by atoms with van der Waals surface area (Å²) in [5, 5.41) is 9.68. The Hall–Kier alpha value is -7.16. The van der Waals surface area contributed by atoms with Crippen LogP contribution in [0.2, 0.25) is 0 Å². The second-order valence-corrected chi connectivity index (χ2v) is 13.8. The van der Waals surface area contributed by atoms with Gasteiger partial charge in [-0.2, -0.15) is 0 Å². The summed E-state index contributed by atoms with van der Waals surface area (Å²) in [7, 11) is 0. The number of nitrogens with zero attached hydrogens (tertiary/aromatic N) is 1. The zero-order valence-corrected chi connectivity index (χ0v) is 29.6. The lowest BCUT2D eigenvalue weighted by Crippen LogP contribution is -2.10. The van der Waals surface area contributed by atoms with Crippen LogP contribution in [-0.4, -0.2) is 0 Å². The van der Waals surface area contributed by atoms with E-state index in [1.807, 2.05) is 24.3 Å². The van der Waals surface area contributed by atoms with Crippen molar-refractivity contribution in [2.24, 2.45) is 0 Å². The predicted octanol–water partition coefficient (Wildman–Crippen LogP) is 15.0. The number of allylic oxidation sites excluding steroid dienone is 2. The zero-order chi connectivity index (χ0) is 36.0. The summed E-state index contributed by atoms with van der Waals surface area (Å²) in [6, 6.07) is 65.6. The van der Waals surface area contributed by atoms with Crippen LogP contribution in [0, 0.1) is 0 Å². The summed E-state index contributed by atoms with van der Waals surface area (Å²) < 4.78 is 6.36. The molecule has 54 heavy (non-hydrogen) atoms. The Morgan fingerprint density at radius 1 is 0.426 bits per heavy atom. The smallest absolute Gasteiger partial charge is 0.137 e. The zero-order valence-electron chi connectivity index (χ0n) is 29.6. The van der Waals surface area contributed by atoms with Crippen LogP contribution in [0.15, 0.2) is 205 Å². The maximum absolute atomic E-state index is 6.36. The molecule has 0 amide bonds. The molecule has 0 atom stereocenters. The number of benzene rings is 9. The molecule has 0 saturated heterocycles. The Morgan fingerprint density at radius 3 is 1.78 bits per heavy atom. The van der Waals surface area contributed by atoms with E-state index < -0.39 is 0 Å². The van der Waals surface area contributed by atoms with Crippen LogP contribution in [0.25, 0.3) is 82.6 Å². The number of hydrogen-bond acceptors (Lipinski definition) is 2. The summed E-state index contributed by atoms with van der Waals surface area (Å²) in [5.41, 5.74) is 10.8. The molecule has 2 nitrogen and oxygen atoms in total. The fourth-order valence-electron chi connectivity index (χ4n) is 7.88. The number of anilines is 3. The molecule has 0 unspecified atom stereocenters. The molecule has 0 spiro atoms. The van der Waals surface area contributed by atoms with Crippen molar-refractivity contribution >= 4 is 77.4 Å². The highest BCUT2D eigenvalue weighted by molar-refractivity contribution is 6.13. The lowest BCUT2D eigenvalue weighted by Gasteiger charge is -2.26. The third-order valence-electron chi connectivity index (χ3n) is 10.6. The van der Waals surface area contributed by atoms with Gasteiger partial charge in [0.15, 0.2) is 0 Å². The van der Waals surface area contributed by atoms with Gasteiger partial charge < -0.3 is 9.32 Å². The van der Waals surface area contributed by atoms with Crippen molar-refractivity contribution in [3.63, 3.8) is 0 Å². The van der Waals surface area contributed by atoms with Crippen LogP contribution in [-0.2, 0) is 0 Å². The van der Waals surface area contributed by atoms with Gasteiger partial charge in [0.2, 0.25) is 0 Å². The molecule has 0 fully saturated rings. The first-order chi connectivity index (χ1) is 26.7. The van der Waals surface area contributed by atoms with Crippen LogP contribution in [0.5, 0.6) is 0 Å². The minimum atomic E-state index is 0.869. The monoisotopic (exact) mass is 689 g/mol. The summed E-state index contributed by atoms with van der Waals surface area (Å²) in [6.07, 6.45) is 5.87. The number of rotatable bonds is 7. The maximum atomic E-state index is 6.36. The molecule has 2 heteroatoms. The fraction of sp³-hybridized carbons (Fsp3) is 0. The van der Waals surface area contributed by atoms with Crippen molar-refractivity contribution in [1.82, 2.24) is 0 Å². The Morgan fingerprint density at radius 2 is 1.02 bits per heavy atom.